The van der Waals surface area contributed by atoms with Crippen LogP contribution in [0, 0.1) is 0 Å². The number of hydrogen-bond donors (Lipinski definition) is 2. The number of thioether (sulfide) groups is 1. The number of carbonyl (C=O) groups excluding carboxylic acids is 2. The summed E-state index contributed by atoms with van der Waals surface area (Å²) in [6.45, 7) is 4.11. The van der Waals surface area contributed by atoms with Gasteiger partial charge in [-0.25, -0.2) is 9.78 Å². The summed E-state index contributed by atoms with van der Waals surface area (Å²) >= 11 is 1.21. The van der Waals surface area contributed by atoms with Gasteiger partial charge in [-0.2, -0.15) is 0 Å². The second kappa shape index (κ2) is 9.91. The highest BCUT2D eigenvalue weighted by molar-refractivity contribution is 8.00. The molecule has 1 aromatic carbocycles. The van der Waals surface area contributed by atoms with E-state index >= 15 is 0 Å². The standard InChI is InChI=1S/C19H23N3O4S/c1-4-5-15-10-16(23)22-19(21-15)27-12(2)17(24)20-11-13-6-8-14(9-7-13)18(25)26-3/h6-10,12H,4-5,11H2,1-3H3,(H,20,24)(H,21,22,23). The average Bonchev–Trinajstić information content (AvgIpc) is 2.65. The predicted octanol–water partition coefficient (Wildman–Crippen LogP) is 2.31. The molecule has 2 rings (SSSR count). The molecule has 1 atom stereocenters. The lowest BCUT2D eigenvalue weighted by molar-refractivity contribution is -0.120. The van der Waals surface area contributed by atoms with Gasteiger partial charge in [0.05, 0.1) is 17.9 Å². The Morgan fingerprint density at radius 1 is 1.30 bits per heavy atom. The number of H-pyrrole nitrogens is 1. The van der Waals surface area contributed by atoms with Gasteiger partial charge in [0.15, 0.2) is 5.16 Å². The van der Waals surface area contributed by atoms with Crippen LogP contribution in [0.25, 0.3) is 0 Å². The largest absolute Gasteiger partial charge is 0.465 e. The molecule has 0 spiro atoms. The van der Waals surface area contributed by atoms with E-state index < -0.39 is 11.2 Å². The van der Waals surface area contributed by atoms with E-state index in [9.17, 15) is 14.4 Å². The zero-order valence-electron chi connectivity index (χ0n) is 15.6. The van der Waals surface area contributed by atoms with Crippen LogP contribution in [0.15, 0.2) is 40.3 Å². The summed E-state index contributed by atoms with van der Waals surface area (Å²) in [5.74, 6) is -0.567. The molecule has 0 radical (unpaired) electrons. The minimum atomic E-state index is -0.417. The van der Waals surface area contributed by atoms with Crippen molar-refractivity contribution in [2.45, 2.75) is 43.6 Å². The summed E-state index contributed by atoms with van der Waals surface area (Å²) in [5, 5.41) is 2.86. The fraction of sp³-hybridized carbons (Fsp3) is 0.368. The molecule has 2 N–H and O–H groups in total. The minimum Gasteiger partial charge on any atom is -0.465 e. The first-order valence-electron chi connectivity index (χ1n) is 8.64. The molecule has 0 aliphatic heterocycles. The van der Waals surface area contributed by atoms with E-state index in [1.165, 1.54) is 24.9 Å². The normalized spacial score (nSPS) is 11.7. The molecule has 7 nitrogen and oxygen atoms in total. The van der Waals surface area contributed by atoms with Crippen molar-refractivity contribution >= 4 is 23.6 Å². The molecule has 1 aromatic heterocycles. The van der Waals surface area contributed by atoms with Gasteiger partial charge in [-0.3, -0.25) is 9.59 Å². The number of esters is 1. The number of benzene rings is 1. The maximum Gasteiger partial charge on any atom is 0.337 e. The van der Waals surface area contributed by atoms with Crippen LogP contribution in [0.3, 0.4) is 0 Å². The zero-order chi connectivity index (χ0) is 19.8. The number of nitrogens with one attached hydrogen (secondary N) is 2. The molecule has 1 amide bonds. The van der Waals surface area contributed by atoms with E-state index in [1.807, 2.05) is 6.92 Å². The highest BCUT2D eigenvalue weighted by atomic mass is 32.2. The van der Waals surface area contributed by atoms with Gasteiger partial charge in [-0.1, -0.05) is 37.2 Å². The number of ether oxygens (including phenoxy) is 1. The third kappa shape index (κ3) is 6.25. The summed E-state index contributed by atoms with van der Waals surface area (Å²) in [6.07, 6.45) is 1.62. The van der Waals surface area contributed by atoms with Crippen LogP contribution in [-0.4, -0.2) is 34.2 Å². The highest BCUT2D eigenvalue weighted by Crippen LogP contribution is 2.19. The Balaban J connectivity index is 1.92. The molecule has 0 saturated heterocycles. The van der Waals surface area contributed by atoms with Crippen LogP contribution >= 0.6 is 11.8 Å². The van der Waals surface area contributed by atoms with E-state index in [0.717, 1.165) is 24.1 Å². The van der Waals surface area contributed by atoms with Gasteiger partial charge in [0, 0.05) is 18.3 Å². The number of hydrogen-bond acceptors (Lipinski definition) is 6. The van der Waals surface area contributed by atoms with E-state index in [0.29, 0.717) is 17.3 Å². The fourth-order valence-electron chi connectivity index (χ4n) is 2.35. The van der Waals surface area contributed by atoms with Crippen molar-refractivity contribution in [2.75, 3.05) is 7.11 Å². The third-order valence-electron chi connectivity index (χ3n) is 3.78. The van der Waals surface area contributed by atoms with Crippen LogP contribution in [-0.2, 0) is 22.5 Å². The van der Waals surface area contributed by atoms with Gasteiger partial charge in [0.1, 0.15) is 0 Å². The molecule has 1 unspecified atom stereocenters. The SMILES string of the molecule is CCCc1cc(=O)[nH]c(SC(C)C(=O)NCc2ccc(C(=O)OC)cc2)n1. The number of aryl methyl sites for hydroxylation is 1. The number of amides is 1. The Morgan fingerprint density at radius 2 is 2.00 bits per heavy atom. The number of methoxy groups -OCH3 is 1. The van der Waals surface area contributed by atoms with Crippen molar-refractivity contribution in [3.63, 3.8) is 0 Å². The van der Waals surface area contributed by atoms with Crippen LogP contribution in [0.1, 0.15) is 41.9 Å². The molecule has 0 bridgehead atoms. The molecular weight excluding hydrogens is 366 g/mol. The lowest BCUT2D eigenvalue weighted by Gasteiger charge is -2.12. The van der Waals surface area contributed by atoms with Crippen molar-refractivity contribution in [1.82, 2.24) is 15.3 Å². The van der Waals surface area contributed by atoms with E-state index in [4.69, 9.17) is 0 Å². The van der Waals surface area contributed by atoms with Gasteiger partial charge in [0.25, 0.3) is 5.56 Å². The van der Waals surface area contributed by atoms with Crippen molar-refractivity contribution in [1.29, 1.82) is 0 Å². The van der Waals surface area contributed by atoms with E-state index in [2.05, 4.69) is 20.0 Å². The average molecular weight is 389 g/mol. The Labute approximate surface area is 161 Å². The van der Waals surface area contributed by atoms with Crippen LogP contribution in [0.5, 0.6) is 0 Å². The Bertz CT molecular complexity index is 849. The smallest absolute Gasteiger partial charge is 0.337 e. The minimum absolute atomic E-state index is 0.166. The summed E-state index contributed by atoms with van der Waals surface area (Å²) in [4.78, 5) is 42.5. The second-order valence-corrected chi connectivity index (χ2v) is 7.29. The maximum atomic E-state index is 12.3. The highest BCUT2D eigenvalue weighted by Gasteiger charge is 2.16. The van der Waals surface area contributed by atoms with Gasteiger partial charge in [-0.05, 0) is 31.0 Å². The second-order valence-electron chi connectivity index (χ2n) is 5.96. The Hall–Kier alpha value is -2.61. The van der Waals surface area contributed by atoms with Gasteiger partial charge >= 0.3 is 5.97 Å². The lowest BCUT2D eigenvalue weighted by Crippen LogP contribution is -2.30. The van der Waals surface area contributed by atoms with Gasteiger partial charge < -0.3 is 15.0 Å². The first kappa shape index (κ1) is 20.7. The van der Waals surface area contributed by atoms with Crippen LogP contribution < -0.4 is 10.9 Å². The first-order chi connectivity index (χ1) is 12.9. The number of nitrogens with zero attached hydrogens (tertiary/aromatic N) is 1. The molecule has 0 aliphatic rings. The van der Waals surface area contributed by atoms with Gasteiger partial charge in [0.2, 0.25) is 5.91 Å². The zero-order valence-corrected chi connectivity index (χ0v) is 16.4. The van der Waals surface area contributed by atoms with Crippen molar-refractivity contribution in [2.24, 2.45) is 0 Å². The third-order valence-corrected chi connectivity index (χ3v) is 4.76. The van der Waals surface area contributed by atoms with E-state index in [1.54, 1.807) is 31.2 Å². The van der Waals surface area contributed by atoms with Gasteiger partial charge in [-0.15, -0.1) is 0 Å². The molecule has 2 aromatic rings. The maximum absolute atomic E-state index is 12.3. The molecular formula is C19H23N3O4S. The molecule has 8 heteroatoms. The molecule has 0 aliphatic carbocycles. The quantitative estimate of drug-likeness (QED) is 0.408. The van der Waals surface area contributed by atoms with Crippen molar-refractivity contribution in [3.8, 4) is 0 Å². The monoisotopic (exact) mass is 389 g/mol. The van der Waals surface area contributed by atoms with Crippen molar-refractivity contribution < 1.29 is 14.3 Å². The van der Waals surface area contributed by atoms with Crippen LogP contribution in [0.4, 0.5) is 0 Å². The molecule has 0 fully saturated rings. The number of aromatic nitrogens is 2. The van der Waals surface area contributed by atoms with Crippen molar-refractivity contribution in [3.05, 3.63) is 57.5 Å². The molecule has 0 saturated carbocycles. The number of aromatic amines is 1. The van der Waals surface area contributed by atoms with Crippen LogP contribution in [0.2, 0.25) is 0 Å². The lowest BCUT2D eigenvalue weighted by atomic mass is 10.1. The molecule has 27 heavy (non-hydrogen) atoms. The Morgan fingerprint density at radius 3 is 2.63 bits per heavy atom. The summed E-state index contributed by atoms with van der Waals surface area (Å²) in [7, 11) is 1.33. The number of carbonyl (C=O) groups is 2. The fourth-order valence-corrected chi connectivity index (χ4v) is 3.21. The number of rotatable bonds is 8. The molecule has 1 heterocycles. The summed E-state index contributed by atoms with van der Waals surface area (Å²) < 4.78 is 4.65. The predicted molar refractivity (Wildman–Crippen MR) is 104 cm³/mol. The topological polar surface area (TPSA) is 101 Å². The van der Waals surface area contributed by atoms with E-state index in [-0.39, 0.29) is 11.5 Å². The summed E-state index contributed by atoms with van der Waals surface area (Å²) in [6, 6.07) is 8.31. The summed E-state index contributed by atoms with van der Waals surface area (Å²) in [5.41, 5.74) is 1.83. The first-order valence-corrected chi connectivity index (χ1v) is 9.52. The Kier molecular flexibility index (Phi) is 7.60. The molecule has 144 valence electrons.